The first kappa shape index (κ1) is 12.2. The number of ketones is 1. The molecule has 1 heterocycles. The first-order chi connectivity index (χ1) is 7.28. The van der Waals surface area contributed by atoms with Gasteiger partial charge in [0.1, 0.15) is 17.6 Å². The number of anilines is 1. The normalized spacial score (nSPS) is 11.0. The number of hydrogen-bond donors (Lipinski definition) is 1. The molecule has 88 valence electrons. The van der Waals surface area contributed by atoms with E-state index in [1.165, 1.54) is 13.2 Å². The second kappa shape index (κ2) is 4.34. The standard InChI is InChI=1S/C10H14N2O4/c1-6(13)7-5-15-8(11-7)12-9(14)16-10(2,3)4/h5H,1-4H3,(H,11,12,14). The van der Waals surface area contributed by atoms with E-state index in [9.17, 15) is 9.59 Å². The Balaban J connectivity index is 2.60. The zero-order valence-corrected chi connectivity index (χ0v) is 9.66. The number of oxazole rings is 1. The van der Waals surface area contributed by atoms with Crippen molar-refractivity contribution in [2.24, 2.45) is 0 Å². The first-order valence-electron chi connectivity index (χ1n) is 4.74. The molecular weight excluding hydrogens is 212 g/mol. The quantitative estimate of drug-likeness (QED) is 0.782. The van der Waals surface area contributed by atoms with Gasteiger partial charge in [-0.15, -0.1) is 0 Å². The van der Waals surface area contributed by atoms with Crippen LogP contribution in [0.25, 0.3) is 0 Å². The summed E-state index contributed by atoms with van der Waals surface area (Å²) < 4.78 is 9.84. The van der Waals surface area contributed by atoms with E-state index in [1.807, 2.05) is 0 Å². The van der Waals surface area contributed by atoms with Gasteiger partial charge in [0.2, 0.25) is 0 Å². The summed E-state index contributed by atoms with van der Waals surface area (Å²) in [6, 6.07) is -0.0561. The second-order valence-electron chi connectivity index (χ2n) is 4.22. The number of Topliss-reactive ketones (excluding diaryl/α,β-unsaturated/α-hetero) is 1. The highest BCUT2D eigenvalue weighted by atomic mass is 16.6. The summed E-state index contributed by atoms with van der Waals surface area (Å²) in [5.74, 6) is -0.235. The van der Waals surface area contributed by atoms with Gasteiger partial charge in [-0.05, 0) is 20.8 Å². The van der Waals surface area contributed by atoms with Crippen LogP contribution in [0.15, 0.2) is 10.7 Å². The van der Waals surface area contributed by atoms with Crippen molar-refractivity contribution < 1.29 is 18.7 Å². The van der Waals surface area contributed by atoms with E-state index >= 15 is 0 Å². The SMILES string of the molecule is CC(=O)c1coc(NC(=O)OC(C)(C)C)n1. The van der Waals surface area contributed by atoms with Crippen molar-refractivity contribution in [1.82, 2.24) is 4.98 Å². The largest absolute Gasteiger partial charge is 0.443 e. The maximum Gasteiger partial charge on any atom is 0.415 e. The molecule has 0 saturated heterocycles. The van der Waals surface area contributed by atoms with Crippen LogP contribution in [0, 0.1) is 0 Å². The van der Waals surface area contributed by atoms with E-state index in [2.05, 4.69) is 10.3 Å². The number of nitrogens with zero attached hydrogens (tertiary/aromatic N) is 1. The van der Waals surface area contributed by atoms with Crippen molar-refractivity contribution in [3.63, 3.8) is 0 Å². The van der Waals surface area contributed by atoms with Crippen LogP contribution in [0.4, 0.5) is 10.8 Å². The molecule has 0 unspecified atom stereocenters. The van der Waals surface area contributed by atoms with Crippen LogP contribution in [-0.2, 0) is 4.74 Å². The van der Waals surface area contributed by atoms with Crippen LogP contribution in [0.5, 0.6) is 0 Å². The fourth-order valence-corrected chi connectivity index (χ4v) is 0.884. The lowest BCUT2D eigenvalue weighted by Gasteiger charge is -2.18. The highest BCUT2D eigenvalue weighted by Crippen LogP contribution is 2.11. The van der Waals surface area contributed by atoms with Gasteiger partial charge in [-0.3, -0.25) is 4.79 Å². The highest BCUT2D eigenvalue weighted by Gasteiger charge is 2.18. The zero-order chi connectivity index (χ0) is 12.3. The molecule has 0 aliphatic rings. The van der Waals surface area contributed by atoms with Crippen molar-refractivity contribution in [3.8, 4) is 0 Å². The molecular formula is C10H14N2O4. The van der Waals surface area contributed by atoms with Gasteiger partial charge in [0, 0.05) is 6.92 Å². The molecule has 0 atom stereocenters. The summed E-state index contributed by atoms with van der Waals surface area (Å²) in [6.07, 6.45) is 0.499. The summed E-state index contributed by atoms with van der Waals surface area (Å²) in [5.41, 5.74) is -0.439. The number of ether oxygens (including phenoxy) is 1. The van der Waals surface area contributed by atoms with Crippen molar-refractivity contribution in [2.75, 3.05) is 5.32 Å². The number of amides is 1. The summed E-state index contributed by atoms with van der Waals surface area (Å²) >= 11 is 0. The van der Waals surface area contributed by atoms with E-state index in [1.54, 1.807) is 20.8 Å². The molecule has 0 saturated carbocycles. The summed E-state index contributed by atoms with van der Waals surface area (Å²) in [6.45, 7) is 6.57. The van der Waals surface area contributed by atoms with Crippen LogP contribution in [0.1, 0.15) is 38.2 Å². The molecule has 0 radical (unpaired) electrons. The van der Waals surface area contributed by atoms with E-state index in [-0.39, 0.29) is 17.5 Å². The minimum Gasteiger partial charge on any atom is -0.443 e. The topological polar surface area (TPSA) is 81.4 Å². The van der Waals surface area contributed by atoms with E-state index in [0.29, 0.717) is 0 Å². The van der Waals surface area contributed by atoms with Crippen LogP contribution in [0.3, 0.4) is 0 Å². The fourth-order valence-electron chi connectivity index (χ4n) is 0.884. The molecule has 1 N–H and O–H groups in total. The lowest BCUT2D eigenvalue weighted by atomic mass is 10.2. The maximum atomic E-state index is 11.3. The Morgan fingerprint density at radius 2 is 2.06 bits per heavy atom. The molecule has 0 bridgehead atoms. The van der Waals surface area contributed by atoms with Crippen molar-refractivity contribution in [1.29, 1.82) is 0 Å². The Morgan fingerprint density at radius 3 is 2.50 bits per heavy atom. The average Bonchev–Trinajstić information content (AvgIpc) is 2.48. The third-order valence-electron chi connectivity index (χ3n) is 1.47. The maximum absolute atomic E-state index is 11.3. The van der Waals surface area contributed by atoms with Crippen LogP contribution in [0.2, 0.25) is 0 Å². The van der Waals surface area contributed by atoms with Gasteiger partial charge in [-0.25, -0.2) is 10.1 Å². The second-order valence-corrected chi connectivity index (χ2v) is 4.22. The molecule has 1 aromatic rings. The third kappa shape index (κ3) is 3.72. The number of hydrogen-bond acceptors (Lipinski definition) is 5. The Morgan fingerprint density at radius 1 is 1.44 bits per heavy atom. The smallest absolute Gasteiger partial charge is 0.415 e. The lowest BCUT2D eigenvalue weighted by molar-refractivity contribution is 0.0631. The van der Waals surface area contributed by atoms with Crippen molar-refractivity contribution in [3.05, 3.63) is 12.0 Å². The molecule has 6 nitrogen and oxygen atoms in total. The predicted molar refractivity (Wildman–Crippen MR) is 56.4 cm³/mol. The molecule has 1 amide bonds. The minimum atomic E-state index is -0.676. The van der Waals surface area contributed by atoms with Crippen LogP contribution in [-0.4, -0.2) is 22.5 Å². The zero-order valence-electron chi connectivity index (χ0n) is 9.66. The number of rotatable bonds is 2. The van der Waals surface area contributed by atoms with Gasteiger partial charge in [-0.1, -0.05) is 0 Å². The van der Waals surface area contributed by atoms with Gasteiger partial charge in [-0.2, -0.15) is 4.98 Å². The van der Waals surface area contributed by atoms with Crippen molar-refractivity contribution >= 4 is 17.9 Å². The Labute approximate surface area is 93.0 Å². The highest BCUT2D eigenvalue weighted by molar-refractivity contribution is 5.92. The molecule has 1 aromatic heterocycles. The minimum absolute atomic E-state index is 0.0561. The van der Waals surface area contributed by atoms with E-state index in [0.717, 1.165) is 0 Å². The van der Waals surface area contributed by atoms with E-state index in [4.69, 9.17) is 9.15 Å². The van der Waals surface area contributed by atoms with Crippen LogP contribution < -0.4 is 5.32 Å². The number of carbonyl (C=O) groups excluding carboxylic acids is 2. The van der Waals surface area contributed by atoms with Gasteiger partial charge >= 0.3 is 12.1 Å². The monoisotopic (exact) mass is 226 g/mol. The van der Waals surface area contributed by atoms with Gasteiger partial charge in [0.25, 0.3) is 0 Å². The number of nitrogens with one attached hydrogen (secondary N) is 1. The summed E-state index contributed by atoms with van der Waals surface area (Å²) in [7, 11) is 0. The van der Waals surface area contributed by atoms with Gasteiger partial charge < -0.3 is 9.15 Å². The van der Waals surface area contributed by atoms with Crippen LogP contribution >= 0.6 is 0 Å². The molecule has 0 aliphatic heterocycles. The Bertz CT molecular complexity index is 403. The lowest BCUT2D eigenvalue weighted by Crippen LogP contribution is -2.27. The Hall–Kier alpha value is -1.85. The molecule has 0 spiro atoms. The predicted octanol–water partition coefficient (Wildman–Crippen LogP) is 2.22. The van der Waals surface area contributed by atoms with E-state index < -0.39 is 11.7 Å². The molecule has 6 heteroatoms. The Kier molecular flexibility index (Phi) is 3.31. The molecule has 16 heavy (non-hydrogen) atoms. The molecule has 0 fully saturated rings. The number of carbonyl (C=O) groups is 2. The number of aromatic nitrogens is 1. The fraction of sp³-hybridized carbons (Fsp3) is 0.500. The van der Waals surface area contributed by atoms with Gasteiger partial charge in [0.15, 0.2) is 5.78 Å². The van der Waals surface area contributed by atoms with Gasteiger partial charge in [0.05, 0.1) is 0 Å². The van der Waals surface area contributed by atoms with Crippen molar-refractivity contribution in [2.45, 2.75) is 33.3 Å². The average molecular weight is 226 g/mol. The summed E-state index contributed by atoms with van der Waals surface area (Å²) in [5, 5.41) is 2.28. The molecule has 1 rings (SSSR count). The molecule has 0 aromatic carbocycles. The summed E-state index contributed by atoms with van der Waals surface area (Å²) in [4.78, 5) is 25.9. The third-order valence-corrected chi connectivity index (χ3v) is 1.47. The first-order valence-corrected chi connectivity index (χ1v) is 4.74. The molecule has 0 aliphatic carbocycles.